The topological polar surface area (TPSA) is 37.8 Å². The Morgan fingerprint density at radius 2 is 2.46 bits per heavy atom. The van der Waals surface area contributed by atoms with Crippen molar-refractivity contribution in [2.75, 3.05) is 12.8 Å². The molecule has 0 fully saturated rings. The predicted octanol–water partition coefficient (Wildman–Crippen LogP) is 1.41. The van der Waals surface area contributed by atoms with Crippen molar-refractivity contribution in [2.24, 2.45) is 0 Å². The van der Waals surface area contributed by atoms with Crippen LogP contribution in [0, 0.1) is 0 Å². The minimum atomic E-state index is 0.402. The first-order valence-electron chi connectivity index (χ1n) is 4.44. The van der Waals surface area contributed by atoms with Crippen molar-refractivity contribution in [1.29, 1.82) is 0 Å². The van der Waals surface area contributed by atoms with Gasteiger partial charge in [0.25, 0.3) is 0 Å². The van der Waals surface area contributed by atoms with E-state index in [1.807, 2.05) is 12.5 Å². The molecule has 0 amide bonds. The SMILES string of the molecule is CSc1ncc2c(n1)CCN[C@H]2C. The molecule has 0 radical (unpaired) electrons. The normalized spacial score (nSPS) is 21.2. The van der Waals surface area contributed by atoms with Gasteiger partial charge in [0.15, 0.2) is 5.16 Å². The van der Waals surface area contributed by atoms with E-state index in [0.717, 1.165) is 18.1 Å². The molecule has 0 saturated heterocycles. The maximum Gasteiger partial charge on any atom is 0.187 e. The van der Waals surface area contributed by atoms with E-state index < -0.39 is 0 Å². The van der Waals surface area contributed by atoms with Crippen LogP contribution in [0.3, 0.4) is 0 Å². The highest BCUT2D eigenvalue weighted by molar-refractivity contribution is 7.98. The number of thioether (sulfide) groups is 1. The second kappa shape index (κ2) is 3.64. The van der Waals surface area contributed by atoms with Crippen molar-refractivity contribution < 1.29 is 0 Å². The van der Waals surface area contributed by atoms with Gasteiger partial charge in [-0.05, 0) is 13.2 Å². The summed E-state index contributed by atoms with van der Waals surface area (Å²) in [7, 11) is 0. The number of nitrogens with one attached hydrogen (secondary N) is 1. The molecule has 0 aromatic carbocycles. The molecule has 1 aromatic heterocycles. The van der Waals surface area contributed by atoms with E-state index in [2.05, 4.69) is 22.2 Å². The third kappa shape index (κ3) is 1.69. The molecule has 70 valence electrons. The van der Waals surface area contributed by atoms with Gasteiger partial charge in [-0.25, -0.2) is 9.97 Å². The van der Waals surface area contributed by atoms with Gasteiger partial charge in [0.1, 0.15) is 0 Å². The number of hydrogen-bond donors (Lipinski definition) is 1. The molecule has 13 heavy (non-hydrogen) atoms. The average molecular weight is 195 g/mol. The molecular weight excluding hydrogens is 182 g/mol. The lowest BCUT2D eigenvalue weighted by Crippen LogP contribution is -2.28. The van der Waals surface area contributed by atoms with Gasteiger partial charge < -0.3 is 5.32 Å². The number of nitrogens with zero attached hydrogens (tertiary/aromatic N) is 2. The van der Waals surface area contributed by atoms with E-state index in [9.17, 15) is 0 Å². The largest absolute Gasteiger partial charge is 0.310 e. The van der Waals surface area contributed by atoms with Crippen LogP contribution in [0.15, 0.2) is 11.4 Å². The van der Waals surface area contributed by atoms with Gasteiger partial charge in [0, 0.05) is 30.8 Å². The van der Waals surface area contributed by atoms with Crippen molar-refractivity contribution in [3.05, 3.63) is 17.5 Å². The maximum absolute atomic E-state index is 4.49. The van der Waals surface area contributed by atoms with E-state index in [0.29, 0.717) is 6.04 Å². The van der Waals surface area contributed by atoms with Gasteiger partial charge in [0.05, 0.1) is 5.69 Å². The van der Waals surface area contributed by atoms with Crippen molar-refractivity contribution in [3.63, 3.8) is 0 Å². The van der Waals surface area contributed by atoms with E-state index in [1.54, 1.807) is 11.8 Å². The van der Waals surface area contributed by atoms with Crippen LogP contribution in [0.1, 0.15) is 24.2 Å². The molecule has 3 nitrogen and oxygen atoms in total. The Hall–Kier alpha value is -0.610. The Morgan fingerprint density at radius 3 is 3.23 bits per heavy atom. The summed E-state index contributed by atoms with van der Waals surface area (Å²) in [6, 6.07) is 0.402. The van der Waals surface area contributed by atoms with Gasteiger partial charge in [-0.3, -0.25) is 0 Å². The Bertz CT molecular complexity index is 314. The first-order chi connectivity index (χ1) is 6.31. The van der Waals surface area contributed by atoms with Gasteiger partial charge in [-0.1, -0.05) is 11.8 Å². The van der Waals surface area contributed by atoms with Crippen LogP contribution in [0.5, 0.6) is 0 Å². The molecular formula is C9H13N3S. The highest BCUT2D eigenvalue weighted by atomic mass is 32.2. The second-order valence-corrected chi connectivity index (χ2v) is 3.96. The fourth-order valence-electron chi connectivity index (χ4n) is 1.59. The van der Waals surface area contributed by atoms with Crippen LogP contribution in [0.2, 0.25) is 0 Å². The molecule has 0 unspecified atom stereocenters. The van der Waals surface area contributed by atoms with Crippen molar-refractivity contribution in [3.8, 4) is 0 Å². The quantitative estimate of drug-likeness (QED) is 0.543. The number of rotatable bonds is 1. The first kappa shape index (κ1) is 8.97. The summed E-state index contributed by atoms with van der Waals surface area (Å²) < 4.78 is 0. The average Bonchev–Trinajstić information content (AvgIpc) is 2.18. The smallest absolute Gasteiger partial charge is 0.187 e. The van der Waals surface area contributed by atoms with Crippen LogP contribution in [-0.4, -0.2) is 22.8 Å². The fraction of sp³-hybridized carbons (Fsp3) is 0.556. The lowest BCUT2D eigenvalue weighted by Gasteiger charge is -2.22. The van der Waals surface area contributed by atoms with Gasteiger partial charge in [-0.15, -0.1) is 0 Å². The zero-order valence-corrected chi connectivity index (χ0v) is 8.69. The molecule has 0 spiro atoms. The highest BCUT2D eigenvalue weighted by Gasteiger charge is 2.17. The highest BCUT2D eigenvalue weighted by Crippen LogP contribution is 2.21. The summed E-state index contributed by atoms with van der Waals surface area (Å²) in [5, 5.41) is 4.27. The maximum atomic E-state index is 4.49. The van der Waals surface area contributed by atoms with E-state index in [4.69, 9.17) is 0 Å². The zero-order chi connectivity index (χ0) is 9.26. The molecule has 0 saturated carbocycles. The van der Waals surface area contributed by atoms with Crippen LogP contribution in [-0.2, 0) is 6.42 Å². The van der Waals surface area contributed by atoms with E-state index in [1.165, 1.54) is 11.3 Å². The Morgan fingerprint density at radius 1 is 1.62 bits per heavy atom. The van der Waals surface area contributed by atoms with Crippen LogP contribution in [0.25, 0.3) is 0 Å². The lowest BCUT2D eigenvalue weighted by atomic mass is 10.0. The van der Waals surface area contributed by atoms with Crippen LogP contribution < -0.4 is 5.32 Å². The first-order valence-corrected chi connectivity index (χ1v) is 5.67. The van der Waals surface area contributed by atoms with Gasteiger partial charge in [0.2, 0.25) is 0 Å². The summed E-state index contributed by atoms with van der Waals surface area (Å²) in [6.45, 7) is 3.18. The summed E-state index contributed by atoms with van der Waals surface area (Å²) in [6.07, 6.45) is 4.98. The van der Waals surface area contributed by atoms with E-state index >= 15 is 0 Å². The van der Waals surface area contributed by atoms with Crippen LogP contribution in [0.4, 0.5) is 0 Å². The molecule has 1 aliphatic rings. The molecule has 0 aliphatic carbocycles. The third-order valence-corrected chi connectivity index (χ3v) is 2.90. The van der Waals surface area contributed by atoms with Gasteiger partial charge >= 0.3 is 0 Å². The third-order valence-electron chi connectivity index (χ3n) is 2.34. The fourth-order valence-corrected chi connectivity index (χ4v) is 1.95. The molecule has 1 aromatic rings. The number of fused-ring (bicyclic) bond motifs is 1. The Labute approximate surface area is 82.4 Å². The second-order valence-electron chi connectivity index (χ2n) is 3.18. The van der Waals surface area contributed by atoms with Gasteiger partial charge in [-0.2, -0.15) is 0 Å². The number of hydrogen-bond acceptors (Lipinski definition) is 4. The molecule has 1 atom stereocenters. The standard InChI is InChI=1S/C9H13N3S/c1-6-7-5-11-9(13-2)12-8(7)3-4-10-6/h5-6,10H,3-4H2,1-2H3/t6-/m0/s1. The Kier molecular flexibility index (Phi) is 2.51. The minimum absolute atomic E-state index is 0.402. The minimum Gasteiger partial charge on any atom is -0.310 e. The molecule has 0 bridgehead atoms. The summed E-state index contributed by atoms with van der Waals surface area (Å²) >= 11 is 1.60. The van der Waals surface area contributed by atoms with Crippen molar-refractivity contribution >= 4 is 11.8 Å². The number of aromatic nitrogens is 2. The zero-order valence-electron chi connectivity index (χ0n) is 7.87. The molecule has 4 heteroatoms. The molecule has 1 N–H and O–H groups in total. The predicted molar refractivity (Wildman–Crippen MR) is 53.9 cm³/mol. The summed E-state index contributed by atoms with van der Waals surface area (Å²) in [5.41, 5.74) is 2.47. The lowest BCUT2D eigenvalue weighted by molar-refractivity contribution is 0.524. The summed E-state index contributed by atoms with van der Waals surface area (Å²) in [5.74, 6) is 0. The van der Waals surface area contributed by atoms with Crippen LogP contribution >= 0.6 is 11.8 Å². The van der Waals surface area contributed by atoms with E-state index in [-0.39, 0.29) is 0 Å². The molecule has 1 aliphatic heterocycles. The van der Waals surface area contributed by atoms with Crippen molar-refractivity contribution in [1.82, 2.24) is 15.3 Å². The Balaban J connectivity index is 2.39. The monoisotopic (exact) mass is 195 g/mol. The molecule has 2 heterocycles. The molecule has 2 rings (SSSR count). The van der Waals surface area contributed by atoms with Crippen molar-refractivity contribution in [2.45, 2.75) is 24.5 Å². The summed E-state index contributed by atoms with van der Waals surface area (Å²) in [4.78, 5) is 8.77.